The van der Waals surface area contributed by atoms with Crippen molar-refractivity contribution >= 4 is 0 Å². The normalized spacial score (nSPS) is 26.2. The van der Waals surface area contributed by atoms with Crippen molar-refractivity contribution in [3.63, 3.8) is 0 Å². The quantitative estimate of drug-likeness (QED) is 0.794. The molecule has 2 nitrogen and oxygen atoms in total. The summed E-state index contributed by atoms with van der Waals surface area (Å²) in [6.45, 7) is 6.48. The number of hydrogen-bond donors (Lipinski definition) is 2. The van der Waals surface area contributed by atoms with Crippen LogP contribution in [0.2, 0.25) is 0 Å². The van der Waals surface area contributed by atoms with Crippen molar-refractivity contribution < 1.29 is 0 Å². The van der Waals surface area contributed by atoms with Gasteiger partial charge in [0.05, 0.1) is 0 Å². The molecule has 1 aliphatic rings. The molecule has 2 rings (SSSR count). The molecular formula is C19H32N2. The highest BCUT2D eigenvalue weighted by Crippen LogP contribution is 2.37. The average Bonchev–Trinajstić information content (AvgIpc) is 2.57. The minimum absolute atomic E-state index is 0.188. The first-order valence-corrected chi connectivity index (χ1v) is 8.73. The van der Waals surface area contributed by atoms with Crippen LogP contribution in [0.15, 0.2) is 30.3 Å². The Morgan fingerprint density at radius 1 is 1.14 bits per heavy atom. The molecule has 0 heterocycles. The number of rotatable bonds is 7. The lowest BCUT2D eigenvalue weighted by molar-refractivity contribution is 0.209. The highest BCUT2D eigenvalue weighted by Gasteiger charge is 2.34. The molecule has 0 amide bonds. The first-order valence-electron chi connectivity index (χ1n) is 8.73. The maximum atomic E-state index is 6.13. The lowest BCUT2D eigenvalue weighted by atomic mass is 9.74. The zero-order valence-corrected chi connectivity index (χ0v) is 13.8. The summed E-state index contributed by atoms with van der Waals surface area (Å²) in [5.41, 5.74) is 7.82. The fraction of sp³-hybridized carbons (Fsp3) is 0.684. The first-order chi connectivity index (χ1) is 10.2. The summed E-state index contributed by atoms with van der Waals surface area (Å²) in [6, 6.07) is 11.0. The van der Waals surface area contributed by atoms with E-state index in [4.69, 9.17) is 5.73 Å². The Bertz CT molecular complexity index is 389. The summed E-state index contributed by atoms with van der Waals surface area (Å²) in [6.07, 6.45) is 7.47. The van der Waals surface area contributed by atoms with Crippen LogP contribution in [-0.4, -0.2) is 18.6 Å². The topological polar surface area (TPSA) is 38.0 Å². The van der Waals surface area contributed by atoms with Gasteiger partial charge in [-0.2, -0.15) is 0 Å². The molecule has 0 atom stereocenters. The van der Waals surface area contributed by atoms with Crippen LogP contribution in [0.4, 0.5) is 0 Å². The SMILES string of the molecule is CCC(CC)CNC1(CN)CCC(c2ccccc2)CC1. The average molecular weight is 288 g/mol. The van der Waals surface area contributed by atoms with Crippen LogP contribution in [-0.2, 0) is 0 Å². The first kappa shape index (κ1) is 16.5. The minimum Gasteiger partial charge on any atom is -0.329 e. The molecule has 0 saturated heterocycles. The third-order valence-electron chi connectivity index (χ3n) is 5.52. The largest absolute Gasteiger partial charge is 0.329 e. The Kier molecular flexibility index (Phi) is 6.25. The van der Waals surface area contributed by atoms with Crippen molar-refractivity contribution in [2.24, 2.45) is 11.7 Å². The molecule has 0 unspecified atom stereocenters. The van der Waals surface area contributed by atoms with E-state index < -0.39 is 0 Å². The van der Waals surface area contributed by atoms with Gasteiger partial charge in [0.2, 0.25) is 0 Å². The highest BCUT2D eigenvalue weighted by atomic mass is 15.0. The molecular weight excluding hydrogens is 256 g/mol. The van der Waals surface area contributed by atoms with E-state index in [1.165, 1.54) is 44.1 Å². The summed E-state index contributed by atoms with van der Waals surface area (Å²) in [5.74, 6) is 1.51. The van der Waals surface area contributed by atoms with E-state index in [9.17, 15) is 0 Å². The van der Waals surface area contributed by atoms with Gasteiger partial charge in [-0.25, -0.2) is 0 Å². The van der Waals surface area contributed by atoms with Gasteiger partial charge in [0, 0.05) is 12.1 Å². The Morgan fingerprint density at radius 2 is 1.76 bits per heavy atom. The summed E-state index contributed by atoms with van der Waals surface area (Å²) in [5, 5.41) is 3.83. The van der Waals surface area contributed by atoms with Crippen LogP contribution in [0.5, 0.6) is 0 Å². The third-order valence-corrected chi connectivity index (χ3v) is 5.52. The van der Waals surface area contributed by atoms with Crippen molar-refractivity contribution in [2.75, 3.05) is 13.1 Å². The van der Waals surface area contributed by atoms with Gasteiger partial charge >= 0.3 is 0 Å². The standard InChI is InChI=1S/C19H32N2/c1-3-16(4-2)14-21-19(15-20)12-10-18(11-13-19)17-8-6-5-7-9-17/h5-9,16,18,21H,3-4,10-15,20H2,1-2H3. The number of benzene rings is 1. The van der Waals surface area contributed by atoms with Gasteiger partial charge in [-0.05, 0) is 49.6 Å². The van der Waals surface area contributed by atoms with E-state index in [1.54, 1.807) is 0 Å². The second kappa shape index (κ2) is 7.95. The Morgan fingerprint density at radius 3 is 2.29 bits per heavy atom. The van der Waals surface area contributed by atoms with Gasteiger partial charge < -0.3 is 11.1 Å². The molecule has 118 valence electrons. The minimum atomic E-state index is 0.188. The zero-order chi connectivity index (χ0) is 15.1. The monoisotopic (exact) mass is 288 g/mol. The van der Waals surface area contributed by atoms with Crippen LogP contribution in [0, 0.1) is 5.92 Å². The second-order valence-corrected chi connectivity index (χ2v) is 6.73. The molecule has 0 aromatic heterocycles. The lowest BCUT2D eigenvalue weighted by Gasteiger charge is -2.41. The number of hydrogen-bond acceptors (Lipinski definition) is 2. The van der Waals surface area contributed by atoms with Gasteiger partial charge in [-0.3, -0.25) is 0 Å². The van der Waals surface area contributed by atoms with Crippen molar-refractivity contribution in [3.8, 4) is 0 Å². The van der Waals surface area contributed by atoms with Gasteiger partial charge in [0.25, 0.3) is 0 Å². The predicted molar refractivity (Wildman–Crippen MR) is 91.5 cm³/mol. The van der Waals surface area contributed by atoms with Gasteiger partial charge in [-0.15, -0.1) is 0 Å². The fourth-order valence-corrected chi connectivity index (χ4v) is 3.62. The van der Waals surface area contributed by atoms with E-state index in [0.717, 1.165) is 24.9 Å². The van der Waals surface area contributed by atoms with E-state index in [0.29, 0.717) is 0 Å². The molecule has 1 saturated carbocycles. The lowest BCUT2D eigenvalue weighted by Crippen LogP contribution is -2.54. The summed E-state index contributed by atoms with van der Waals surface area (Å²) >= 11 is 0. The Labute approximate surface area is 130 Å². The molecule has 0 aliphatic heterocycles. The third kappa shape index (κ3) is 4.31. The van der Waals surface area contributed by atoms with E-state index in [2.05, 4.69) is 49.5 Å². The summed E-state index contributed by atoms with van der Waals surface area (Å²) in [4.78, 5) is 0. The molecule has 1 aromatic rings. The molecule has 0 spiro atoms. The summed E-state index contributed by atoms with van der Waals surface area (Å²) < 4.78 is 0. The maximum Gasteiger partial charge on any atom is 0.0304 e. The molecule has 2 heteroatoms. The number of nitrogens with one attached hydrogen (secondary N) is 1. The van der Waals surface area contributed by atoms with Crippen molar-refractivity contribution in [3.05, 3.63) is 35.9 Å². The number of nitrogens with two attached hydrogens (primary N) is 1. The molecule has 3 N–H and O–H groups in total. The van der Waals surface area contributed by atoms with Crippen molar-refractivity contribution in [2.45, 2.75) is 63.8 Å². The summed E-state index contributed by atoms with van der Waals surface area (Å²) in [7, 11) is 0. The van der Waals surface area contributed by atoms with Gasteiger partial charge in [-0.1, -0.05) is 57.0 Å². The highest BCUT2D eigenvalue weighted by molar-refractivity contribution is 5.20. The second-order valence-electron chi connectivity index (χ2n) is 6.73. The molecule has 1 aromatic carbocycles. The zero-order valence-electron chi connectivity index (χ0n) is 13.8. The van der Waals surface area contributed by atoms with Crippen LogP contribution in [0.3, 0.4) is 0 Å². The molecule has 21 heavy (non-hydrogen) atoms. The van der Waals surface area contributed by atoms with Crippen molar-refractivity contribution in [1.82, 2.24) is 5.32 Å². The molecule has 1 fully saturated rings. The van der Waals surface area contributed by atoms with E-state index in [-0.39, 0.29) is 5.54 Å². The maximum absolute atomic E-state index is 6.13. The molecule has 0 radical (unpaired) electrons. The van der Waals surface area contributed by atoms with Crippen LogP contribution < -0.4 is 11.1 Å². The van der Waals surface area contributed by atoms with Crippen molar-refractivity contribution in [1.29, 1.82) is 0 Å². The molecule has 0 bridgehead atoms. The Hall–Kier alpha value is -0.860. The van der Waals surface area contributed by atoms with E-state index >= 15 is 0 Å². The van der Waals surface area contributed by atoms with Gasteiger partial charge in [0.15, 0.2) is 0 Å². The van der Waals surface area contributed by atoms with Crippen LogP contribution >= 0.6 is 0 Å². The Balaban J connectivity index is 1.90. The molecule has 1 aliphatic carbocycles. The predicted octanol–water partition coefficient (Wildman–Crippen LogP) is 4.07. The van der Waals surface area contributed by atoms with E-state index in [1.807, 2.05) is 0 Å². The smallest absolute Gasteiger partial charge is 0.0304 e. The van der Waals surface area contributed by atoms with Gasteiger partial charge in [0.1, 0.15) is 0 Å². The van der Waals surface area contributed by atoms with Crippen LogP contribution in [0.1, 0.15) is 63.9 Å². The fourth-order valence-electron chi connectivity index (χ4n) is 3.62. The van der Waals surface area contributed by atoms with Crippen LogP contribution in [0.25, 0.3) is 0 Å².